The first-order valence-corrected chi connectivity index (χ1v) is 7.63. The van der Waals surface area contributed by atoms with Crippen LogP contribution in [0.15, 0.2) is 23.1 Å². The summed E-state index contributed by atoms with van der Waals surface area (Å²) in [5.74, 6) is -1.44. The molecule has 0 spiro atoms. The Morgan fingerprint density at radius 1 is 1.30 bits per heavy atom. The number of piperidine rings is 1. The van der Waals surface area contributed by atoms with Crippen LogP contribution in [-0.4, -0.2) is 31.2 Å². The van der Waals surface area contributed by atoms with E-state index in [0.29, 0.717) is 12.8 Å². The Balaban J connectivity index is 2.44. The minimum absolute atomic E-state index is 0.0104. The quantitative estimate of drug-likeness (QED) is 0.790. The van der Waals surface area contributed by atoms with E-state index in [-0.39, 0.29) is 17.1 Å². The Labute approximate surface area is 116 Å². The number of carbonyl (C=O) groups excluding carboxylic acids is 1. The van der Waals surface area contributed by atoms with Gasteiger partial charge in [0.1, 0.15) is 11.9 Å². The monoisotopic (exact) mass is 301 g/mol. The fourth-order valence-corrected chi connectivity index (χ4v) is 4.08. The van der Waals surface area contributed by atoms with Crippen LogP contribution >= 0.6 is 0 Å². The van der Waals surface area contributed by atoms with Crippen molar-refractivity contribution in [3.8, 4) is 0 Å². The molecule has 8 heteroatoms. The highest BCUT2D eigenvalue weighted by atomic mass is 32.2. The van der Waals surface area contributed by atoms with Gasteiger partial charge in [-0.05, 0) is 31.0 Å². The molecule has 1 atom stereocenters. The number of carbonyl (C=O) groups is 1. The first-order valence-electron chi connectivity index (χ1n) is 6.19. The Morgan fingerprint density at radius 2 is 2.00 bits per heavy atom. The molecule has 4 N–H and O–H groups in total. The van der Waals surface area contributed by atoms with Crippen molar-refractivity contribution in [2.45, 2.75) is 30.2 Å². The van der Waals surface area contributed by atoms with Gasteiger partial charge in [0.05, 0.1) is 4.90 Å². The number of nitrogens with two attached hydrogens (primary N) is 2. The number of rotatable bonds is 3. The van der Waals surface area contributed by atoms with E-state index in [1.807, 2.05) is 0 Å². The van der Waals surface area contributed by atoms with Gasteiger partial charge in [-0.25, -0.2) is 12.8 Å². The zero-order valence-corrected chi connectivity index (χ0v) is 11.6. The van der Waals surface area contributed by atoms with Gasteiger partial charge in [0.2, 0.25) is 15.9 Å². The van der Waals surface area contributed by atoms with Crippen molar-refractivity contribution in [3.63, 3.8) is 0 Å². The zero-order chi connectivity index (χ0) is 14.9. The minimum Gasteiger partial charge on any atom is -0.399 e. The normalized spacial score (nSPS) is 20.8. The zero-order valence-electron chi connectivity index (χ0n) is 10.8. The van der Waals surface area contributed by atoms with Crippen molar-refractivity contribution in [2.75, 3.05) is 12.3 Å². The molecular weight excluding hydrogens is 285 g/mol. The lowest BCUT2D eigenvalue weighted by Crippen LogP contribution is -2.50. The highest BCUT2D eigenvalue weighted by Gasteiger charge is 2.36. The molecule has 0 radical (unpaired) electrons. The number of nitrogen functional groups attached to an aromatic ring is 1. The van der Waals surface area contributed by atoms with Crippen LogP contribution in [0.4, 0.5) is 10.1 Å². The highest BCUT2D eigenvalue weighted by molar-refractivity contribution is 7.89. The van der Waals surface area contributed by atoms with E-state index < -0.39 is 27.8 Å². The Kier molecular flexibility index (Phi) is 3.96. The molecule has 0 aliphatic carbocycles. The van der Waals surface area contributed by atoms with Gasteiger partial charge >= 0.3 is 0 Å². The maximum absolute atomic E-state index is 13.3. The number of amides is 1. The topological polar surface area (TPSA) is 106 Å². The summed E-state index contributed by atoms with van der Waals surface area (Å²) in [6.45, 7) is 0.187. The van der Waals surface area contributed by atoms with Gasteiger partial charge in [0.15, 0.2) is 0 Å². The van der Waals surface area contributed by atoms with Crippen molar-refractivity contribution < 1.29 is 17.6 Å². The molecule has 110 valence electrons. The fourth-order valence-electron chi connectivity index (χ4n) is 2.35. The first kappa shape index (κ1) is 14.7. The van der Waals surface area contributed by atoms with Crippen molar-refractivity contribution >= 4 is 21.6 Å². The molecule has 2 rings (SSSR count). The summed E-state index contributed by atoms with van der Waals surface area (Å²) in [6, 6.07) is 2.20. The Bertz CT molecular complexity index is 613. The number of sulfonamides is 1. The summed E-state index contributed by atoms with van der Waals surface area (Å²) >= 11 is 0. The molecule has 0 saturated carbocycles. The third-order valence-electron chi connectivity index (χ3n) is 3.28. The molecule has 1 amide bonds. The van der Waals surface area contributed by atoms with Gasteiger partial charge in [-0.2, -0.15) is 4.31 Å². The summed E-state index contributed by atoms with van der Waals surface area (Å²) < 4.78 is 39.4. The molecule has 1 fully saturated rings. The van der Waals surface area contributed by atoms with Gasteiger partial charge in [0, 0.05) is 12.2 Å². The number of benzene rings is 1. The molecule has 20 heavy (non-hydrogen) atoms. The third kappa shape index (κ3) is 2.75. The molecule has 0 aromatic heterocycles. The van der Waals surface area contributed by atoms with Gasteiger partial charge in [-0.15, -0.1) is 0 Å². The van der Waals surface area contributed by atoms with E-state index in [0.717, 1.165) is 22.9 Å². The number of hydrogen-bond donors (Lipinski definition) is 2. The lowest BCUT2D eigenvalue weighted by Gasteiger charge is -2.32. The Morgan fingerprint density at radius 3 is 2.60 bits per heavy atom. The maximum atomic E-state index is 13.3. The fraction of sp³-hybridized carbons (Fsp3) is 0.417. The van der Waals surface area contributed by atoms with Gasteiger partial charge in [-0.3, -0.25) is 4.79 Å². The second-order valence-corrected chi connectivity index (χ2v) is 6.64. The molecule has 1 unspecified atom stereocenters. The molecule has 1 aromatic carbocycles. The SMILES string of the molecule is NC(=O)C1CCCCN1S(=O)(=O)c1cc(N)cc(F)c1. The lowest BCUT2D eigenvalue weighted by atomic mass is 10.0. The average molecular weight is 301 g/mol. The van der Waals surface area contributed by atoms with Crippen LogP contribution in [0.3, 0.4) is 0 Å². The van der Waals surface area contributed by atoms with Crippen LogP contribution < -0.4 is 11.5 Å². The second kappa shape index (κ2) is 5.37. The molecule has 1 aliphatic heterocycles. The summed E-state index contributed by atoms with van der Waals surface area (Å²) in [7, 11) is -3.99. The van der Waals surface area contributed by atoms with Gasteiger partial charge in [-0.1, -0.05) is 6.42 Å². The highest BCUT2D eigenvalue weighted by Crippen LogP contribution is 2.26. The van der Waals surface area contributed by atoms with Gasteiger partial charge < -0.3 is 11.5 Å². The maximum Gasteiger partial charge on any atom is 0.243 e. The van der Waals surface area contributed by atoms with Crippen molar-refractivity contribution in [3.05, 3.63) is 24.0 Å². The van der Waals surface area contributed by atoms with E-state index in [2.05, 4.69) is 0 Å². The van der Waals surface area contributed by atoms with Crippen LogP contribution in [-0.2, 0) is 14.8 Å². The van der Waals surface area contributed by atoms with Crippen molar-refractivity contribution in [1.29, 1.82) is 0 Å². The van der Waals surface area contributed by atoms with E-state index >= 15 is 0 Å². The smallest absolute Gasteiger partial charge is 0.243 e. The summed E-state index contributed by atoms with van der Waals surface area (Å²) in [5.41, 5.74) is 10.7. The van der Waals surface area contributed by atoms with Crippen LogP contribution in [0.25, 0.3) is 0 Å². The molecule has 1 heterocycles. The number of primary amides is 1. The number of hydrogen-bond acceptors (Lipinski definition) is 4. The van der Waals surface area contributed by atoms with Crippen molar-refractivity contribution in [1.82, 2.24) is 4.31 Å². The molecule has 6 nitrogen and oxygen atoms in total. The lowest BCUT2D eigenvalue weighted by molar-refractivity contribution is -0.122. The Hall–Kier alpha value is -1.67. The van der Waals surface area contributed by atoms with Crippen LogP contribution in [0.5, 0.6) is 0 Å². The van der Waals surface area contributed by atoms with Crippen LogP contribution in [0.2, 0.25) is 0 Å². The predicted molar refractivity (Wildman–Crippen MR) is 71.5 cm³/mol. The van der Waals surface area contributed by atoms with E-state index in [1.165, 1.54) is 6.07 Å². The van der Waals surface area contributed by atoms with Crippen molar-refractivity contribution in [2.24, 2.45) is 5.73 Å². The summed E-state index contributed by atoms with van der Waals surface area (Å²) in [5, 5.41) is 0. The largest absolute Gasteiger partial charge is 0.399 e. The van der Waals surface area contributed by atoms with Crippen LogP contribution in [0, 0.1) is 5.82 Å². The van der Waals surface area contributed by atoms with E-state index in [1.54, 1.807) is 0 Å². The van der Waals surface area contributed by atoms with Gasteiger partial charge in [0.25, 0.3) is 0 Å². The summed E-state index contributed by atoms with van der Waals surface area (Å²) in [6.07, 6.45) is 1.73. The second-order valence-electron chi connectivity index (χ2n) is 4.75. The molecule has 1 aromatic rings. The molecular formula is C12H16FN3O3S. The standard InChI is InChI=1S/C12H16FN3O3S/c13-8-5-9(14)7-10(6-8)20(18,19)16-4-2-1-3-11(16)12(15)17/h5-7,11H,1-4,14H2,(H2,15,17). The molecule has 1 aliphatic rings. The average Bonchev–Trinajstić information content (AvgIpc) is 2.37. The number of nitrogens with zero attached hydrogens (tertiary/aromatic N) is 1. The summed E-state index contributed by atoms with van der Waals surface area (Å²) in [4.78, 5) is 11.1. The third-order valence-corrected chi connectivity index (χ3v) is 5.17. The number of anilines is 1. The molecule has 0 bridgehead atoms. The number of halogens is 1. The predicted octanol–water partition coefficient (Wildman–Crippen LogP) is 0.436. The van der Waals surface area contributed by atoms with E-state index in [4.69, 9.17) is 11.5 Å². The molecule has 1 saturated heterocycles. The minimum atomic E-state index is -3.99. The van der Waals surface area contributed by atoms with Crippen LogP contribution in [0.1, 0.15) is 19.3 Å². The van der Waals surface area contributed by atoms with E-state index in [9.17, 15) is 17.6 Å². The first-order chi connectivity index (χ1) is 9.32.